The summed E-state index contributed by atoms with van der Waals surface area (Å²) >= 11 is 0. The van der Waals surface area contributed by atoms with Crippen LogP contribution in [-0.2, 0) is 0 Å². The Hall–Kier alpha value is -1.21. The standard InChI is InChI=1S/C5H4BF2NO3/c7-4-1-3(12-6(10)11)2-9-5(4)8/h1-2,10-11H. The molecule has 0 saturated carbocycles. The molecular weight excluding hydrogens is 171 g/mol. The predicted molar refractivity (Wildman–Crippen MR) is 35.0 cm³/mol. The largest absolute Gasteiger partial charge is 0.707 e. The van der Waals surface area contributed by atoms with Crippen LogP contribution in [0.4, 0.5) is 8.78 Å². The van der Waals surface area contributed by atoms with Crippen molar-refractivity contribution in [2.75, 3.05) is 0 Å². The van der Waals surface area contributed by atoms with Crippen LogP contribution >= 0.6 is 0 Å². The number of rotatable bonds is 2. The topological polar surface area (TPSA) is 62.6 Å². The molecule has 64 valence electrons. The second kappa shape index (κ2) is 3.46. The lowest BCUT2D eigenvalue weighted by atomic mass is 10.2. The molecule has 7 heteroatoms. The van der Waals surface area contributed by atoms with Crippen LogP contribution in [0, 0.1) is 11.8 Å². The van der Waals surface area contributed by atoms with Gasteiger partial charge in [0.15, 0.2) is 5.82 Å². The summed E-state index contributed by atoms with van der Waals surface area (Å²) in [7, 11) is -2.07. The van der Waals surface area contributed by atoms with Gasteiger partial charge in [-0.25, -0.2) is 9.37 Å². The average Bonchev–Trinajstić information content (AvgIpc) is 1.96. The van der Waals surface area contributed by atoms with Gasteiger partial charge in [0, 0.05) is 6.07 Å². The summed E-state index contributed by atoms with van der Waals surface area (Å²) in [5, 5.41) is 16.5. The fourth-order valence-corrected chi connectivity index (χ4v) is 0.590. The number of aromatic nitrogens is 1. The Bertz CT molecular complexity index is 283. The molecule has 0 amide bonds. The van der Waals surface area contributed by atoms with E-state index in [1.165, 1.54) is 0 Å². The number of halogens is 2. The maximum Gasteiger partial charge on any atom is 0.707 e. The monoisotopic (exact) mass is 175 g/mol. The van der Waals surface area contributed by atoms with Crippen molar-refractivity contribution in [3.63, 3.8) is 0 Å². The third-order valence-corrected chi connectivity index (χ3v) is 1.01. The molecule has 4 nitrogen and oxygen atoms in total. The van der Waals surface area contributed by atoms with Gasteiger partial charge in [0.1, 0.15) is 5.75 Å². The van der Waals surface area contributed by atoms with Gasteiger partial charge >= 0.3 is 7.32 Å². The number of nitrogens with zero attached hydrogens (tertiary/aromatic N) is 1. The first-order valence-corrected chi connectivity index (χ1v) is 2.93. The molecule has 0 radical (unpaired) electrons. The lowest BCUT2D eigenvalue weighted by Crippen LogP contribution is -2.20. The normalized spacial score (nSPS) is 9.67. The van der Waals surface area contributed by atoms with E-state index in [2.05, 4.69) is 9.64 Å². The molecule has 0 saturated heterocycles. The van der Waals surface area contributed by atoms with Crippen LogP contribution in [0.15, 0.2) is 12.3 Å². The maximum atomic E-state index is 12.3. The summed E-state index contributed by atoms with van der Waals surface area (Å²) in [5.41, 5.74) is 0. The molecule has 1 aromatic heterocycles. The van der Waals surface area contributed by atoms with Crippen molar-refractivity contribution in [1.29, 1.82) is 0 Å². The Morgan fingerprint density at radius 2 is 2.08 bits per heavy atom. The first-order chi connectivity index (χ1) is 5.59. The second-order valence-corrected chi connectivity index (χ2v) is 1.89. The Balaban J connectivity index is 2.82. The van der Waals surface area contributed by atoms with Gasteiger partial charge in [0.05, 0.1) is 6.20 Å². The van der Waals surface area contributed by atoms with Crippen molar-refractivity contribution in [2.24, 2.45) is 0 Å². The molecule has 0 fully saturated rings. The van der Waals surface area contributed by atoms with Crippen molar-refractivity contribution in [3.05, 3.63) is 24.0 Å². The van der Waals surface area contributed by atoms with Gasteiger partial charge in [-0.1, -0.05) is 0 Å². The molecule has 0 aliphatic heterocycles. The van der Waals surface area contributed by atoms with Crippen LogP contribution in [0.5, 0.6) is 5.75 Å². The van der Waals surface area contributed by atoms with Gasteiger partial charge in [-0.2, -0.15) is 4.39 Å². The smallest absolute Gasteiger partial charge is 0.511 e. The van der Waals surface area contributed by atoms with E-state index in [0.29, 0.717) is 6.07 Å². The molecule has 0 aromatic carbocycles. The van der Waals surface area contributed by atoms with Crippen LogP contribution in [0.3, 0.4) is 0 Å². The first kappa shape index (κ1) is 8.89. The minimum Gasteiger partial charge on any atom is -0.511 e. The van der Waals surface area contributed by atoms with Crippen molar-refractivity contribution in [2.45, 2.75) is 0 Å². The summed E-state index contributed by atoms with van der Waals surface area (Å²) in [6.07, 6.45) is 0.831. The molecule has 12 heavy (non-hydrogen) atoms. The minimum atomic E-state index is -2.07. The number of hydrogen-bond donors (Lipinski definition) is 2. The fraction of sp³-hybridized carbons (Fsp3) is 0. The molecule has 0 unspecified atom stereocenters. The Labute approximate surface area is 66.6 Å². The summed E-state index contributed by atoms with van der Waals surface area (Å²) < 4.78 is 28.7. The molecular formula is C5H4BF2NO3. The van der Waals surface area contributed by atoms with Gasteiger partial charge in [-0.15, -0.1) is 0 Å². The second-order valence-electron chi connectivity index (χ2n) is 1.89. The van der Waals surface area contributed by atoms with E-state index in [-0.39, 0.29) is 5.75 Å². The minimum absolute atomic E-state index is 0.260. The van der Waals surface area contributed by atoms with Crippen LogP contribution in [-0.4, -0.2) is 22.4 Å². The van der Waals surface area contributed by atoms with E-state index in [0.717, 1.165) is 6.20 Å². The van der Waals surface area contributed by atoms with E-state index in [9.17, 15) is 8.78 Å². The highest BCUT2D eigenvalue weighted by Gasteiger charge is 2.13. The van der Waals surface area contributed by atoms with Crippen molar-refractivity contribution in [1.82, 2.24) is 4.98 Å². The highest BCUT2D eigenvalue weighted by atomic mass is 19.2. The fourth-order valence-electron chi connectivity index (χ4n) is 0.590. The molecule has 1 aromatic rings. The Kier molecular flexibility index (Phi) is 2.56. The zero-order valence-corrected chi connectivity index (χ0v) is 5.74. The molecule has 0 atom stereocenters. The van der Waals surface area contributed by atoms with Gasteiger partial charge in [0.2, 0.25) is 5.95 Å². The van der Waals surface area contributed by atoms with Gasteiger partial charge < -0.3 is 14.7 Å². The average molecular weight is 175 g/mol. The van der Waals surface area contributed by atoms with Crippen molar-refractivity contribution >= 4 is 7.32 Å². The van der Waals surface area contributed by atoms with E-state index < -0.39 is 19.1 Å². The highest BCUT2D eigenvalue weighted by molar-refractivity contribution is 6.33. The first-order valence-electron chi connectivity index (χ1n) is 2.93. The molecule has 0 bridgehead atoms. The predicted octanol–water partition coefficient (Wildman–Crippen LogP) is -0.292. The van der Waals surface area contributed by atoms with Crippen LogP contribution in [0.25, 0.3) is 0 Å². The Morgan fingerprint density at radius 1 is 1.42 bits per heavy atom. The zero-order chi connectivity index (χ0) is 9.14. The third kappa shape index (κ3) is 2.14. The number of hydrogen-bond acceptors (Lipinski definition) is 4. The van der Waals surface area contributed by atoms with Gasteiger partial charge in [-0.05, 0) is 0 Å². The maximum absolute atomic E-state index is 12.3. The molecule has 0 spiro atoms. The number of pyridine rings is 1. The molecule has 0 aliphatic carbocycles. The zero-order valence-electron chi connectivity index (χ0n) is 5.74. The summed E-state index contributed by atoms with van der Waals surface area (Å²) in [5.74, 6) is -2.74. The van der Waals surface area contributed by atoms with Crippen molar-refractivity contribution < 1.29 is 23.5 Å². The van der Waals surface area contributed by atoms with E-state index in [4.69, 9.17) is 10.0 Å². The van der Waals surface area contributed by atoms with E-state index >= 15 is 0 Å². The summed E-state index contributed by atoms with van der Waals surface area (Å²) in [4.78, 5) is 2.94. The SMILES string of the molecule is OB(O)Oc1cnc(F)c(F)c1. The Morgan fingerprint density at radius 3 is 2.58 bits per heavy atom. The van der Waals surface area contributed by atoms with Gasteiger partial charge in [-0.3, -0.25) is 0 Å². The van der Waals surface area contributed by atoms with E-state index in [1.807, 2.05) is 0 Å². The van der Waals surface area contributed by atoms with Gasteiger partial charge in [0.25, 0.3) is 0 Å². The highest BCUT2D eigenvalue weighted by Crippen LogP contribution is 2.12. The summed E-state index contributed by atoms with van der Waals surface area (Å²) in [6.45, 7) is 0. The molecule has 1 rings (SSSR count). The van der Waals surface area contributed by atoms with E-state index in [1.54, 1.807) is 0 Å². The molecule has 2 N–H and O–H groups in total. The van der Waals surface area contributed by atoms with Crippen LogP contribution in [0.1, 0.15) is 0 Å². The summed E-state index contributed by atoms with van der Waals surface area (Å²) in [6, 6.07) is 0.655. The van der Waals surface area contributed by atoms with Crippen LogP contribution < -0.4 is 4.65 Å². The lowest BCUT2D eigenvalue weighted by molar-refractivity contribution is 0.286. The molecule has 1 heterocycles. The lowest BCUT2D eigenvalue weighted by Gasteiger charge is -2.02. The van der Waals surface area contributed by atoms with Crippen LogP contribution in [0.2, 0.25) is 0 Å². The third-order valence-electron chi connectivity index (χ3n) is 1.01. The van der Waals surface area contributed by atoms with Crippen molar-refractivity contribution in [3.8, 4) is 5.75 Å². The quantitative estimate of drug-likeness (QED) is 0.478. The molecule has 0 aliphatic rings.